The number of nitrogens with zero attached hydrogens (tertiary/aromatic N) is 2. The van der Waals surface area contributed by atoms with Gasteiger partial charge in [-0.2, -0.15) is 5.26 Å². The van der Waals surface area contributed by atoms with Gasteiger partial charge < -0.3 is 5.73 Å². The Morgan fingerprint density at radius 3 is 2.41 bits per heavy atom. The van der Waals surface area contributed by atoms with Gasteiger partial charge in [0.05, 0.1) is 21.2 Å². The van der Waals surface area contributed by atoms with Crippen LogP contribution in [0.3, 0.4) is 0 Å². The fraction of sp³-hybridized carbons (Fsp3) is 0.0952. The summed E-state index contributed by atoms with van der Waals surface area (Å²) in [5, 5.41) is 9.43. The molecule has 0 saturated heterocycles. The number of nitrogens with two attached hydrogens (primary N) is 1. The maximum Gasteiger partial charge on any atom is 0.264 e. The molecule has 0 aliphatic carbocycles. The van der Waals surface area contributed by atoms with Crippen LogP contribution in [0.2, 0.25) is 5.02 Å². The molecule has 0 saturated carbocycles. The van der Waals surface area contributed by atoms with Gasteiger partial charge in [-0.05, 0) is 59.7 Å². The second kappa shape index (κ2) is 7.64. The Morgan fingerprint density at radius 2 is 1.72 bits per heavy atom. The van der Waals surface area contributed by atoms with E-state index in [1.807, 2.05) is 24.3 Å². The minimum atomic E-state index is -3.71. The van der Waals surface area contributed by atoms with Crippen LogP contribution in [0.5, 0.6) is 0 Å². The predicted octanol–water partition coefficient (Wildman–Crippen LogP) is 4.76. The highest BCUT2D eigenvalue weighted by Crippen LogP contribution is 2.40. The lowest BCUT2D eigenvalue weighted by Gasteiger charge is -2.30. The smallest absolute Gasteiger partial charge is 0.264 e. The molecule has 1 aliphatic heterocycles. The Labute approximate surface area is 178 Å². The number of anilines is 2. The SMILES string of the molecule is N#Cc1ccc(-c2ccc3c(c2)N(S(=O)(=O)c2ccc(N)cc2)CCS3)cc1Cl. The van der Waals surface area contributed by atoms with Crippen LogP contribution in [-0.2, 0) is 10.0 Å². The average molecular weight is 442 g/mol. The van der Waals surface area contributed by atoms with Gasteiger partial charge in [0, 0.05) is 22.9 Å². The molecule has 3 aromatic carbocycles. The van der Waals surface area contributed by atoms with E-state index in [0.717, 1.165) is 16.0 Å². The highest BCUT2D eigenvalue weighted by atomic mass is 35.5. The van der Waals surface area contributed by atoms with E-state index in [1.165, 1.54) is 16.4 Å². The Morgan fingerprint density at radius 1 is 1.03 bits per heavy atom. The molecule has 2 N–H and O–H groups in total. The predicted molar refractivity (Wildman–Crippen MR) is 118 cm³/mol. The zero-order chi connectivity index (χ0) is 20.6. The van der Waals surface area contributed by atoms with Gasteiger partial charge in [-0.25, -0.2) is 8.42 Å². The summed E-state index contributed by atoms with van der Waals surface area (Å²) in [5.74, 6) is 0.670. The van der Waals surface area contributed by atoms with Crippen molar-refractivity contribution < 1.29 is 8.42 Å². The summed E-state index contributed by atoms with van der Waals surface area (Å²) in [6.07, 6.45) is 0. The molecule has 1 aliphatic rings. The van der Waals surface area contributed by atoms with E-state index in [9.17, 15) is 8.42 Å². The Kier molecular flexibility index (Phi) is 5.17. The van der Waals surface area contributed by atoms with Crippen LogP contribution in [-0.4, -0.2) is 20.7 Å². The topological polar surface area (TPSA) is 87.2 Å². The van der Waals surface area contributed by atoms with Gasteiger partial charge in [-0.3, -0.25) is 4.31 Å². The third-order valence-corrected chi connectivity index (χ3v) is 7.85. The Bertz CT molecular complexity index is 1240. The van der Waals surface area contributed by atoms with Crippen molar-refractivity contribution >= 4 is 44.8 Å². The molecule has 29 heavy (non-hydrogen) atoms. The average Bonchev–Trinajstić information content (AvgIpc) is 2.73. The number of rotatable bonds is 3. The lowest BCUT2D eigenvalue weighted by molar-refractivity contribution is 0.591. The molecule has 0 radical (unpaired) electrons. The first-order valence-corrected chi connectivity index (χ1v) is 11.6. The minimum absolute atomic E-state index is 0.205. The zero-order valence-electron chi connectivity index (χ0n) is 15.2. The molecular formula is C21H16ClN3O2S2. The number of fused-ring (bicyclic) bond motifs is 1. The third-order valence-electron chi connectivity index (χ3n) is 4.67. The second-order valence-electron chi connectivity index (χ2n) is 6.48. The molecule has 0 bridgehead atoms. The molecular weight excluding hydrogens is 426 g/mol. The first kappa shape index (κ1) is 19.6. The fourth-order valence-corrected chi connectivity index (χ4v) is 6.02. The van der Waals surface area contributed by atoms with Crippen LogP contribution in [0.1, 0.15) is 5.56 Å². The van der Waals surface area contributed by atoms with Gasteiger partial charge in [0.2, 0.25) is 0 Å². The maximum atomic E-state index is 13.3. The van der Waals surface area contributed by atoms with Crippen LogP contribution in [0.25, 0.3) is 11.1 Å². The highest BCUT2D eigenvalue weighted by molar-refractivity contribution is 8.00. The molecule has 146 valence electrons. The number of sulfonamides is 1. The zero-order valence-corrected chi connectivity index (χ0v) is 17.6. The van der Waals surface area contributed by atoms with Crippen molar-refractivity contribution in [2.24, 2.45) is 0 Å². The van der Waals surface area contributed by atoms with Crippen LogP contribution >= 0.6 is 23.4 Å². The number of hydrogen-bond donors (Lipinski definition) is 1. The van der Waals surface area contributed by atoms with Gasteiger partial charge in [0.1, 0.15) is 6.07 Å². The molecule has 0 fully saturated rings. The number of thioether (sulfide) groups is 1. The van der Waals surface area contributed by atoms with E-state index in [1.54, 1.807) is 42.1 Å². The summed E-state index contributed by atoms with van der Waals surface area (Å²) in [5.41, 5.74) is 8.89. The highest BCUT2D eigenvalue weighted by Gasteiger charge is 2.29. The molecule has 8 heteroatoms. The van der Waals surface area contributed by atoms with Gasteiger partial charge in [0.15, 0.2) is 0 Å². The largest absolute Gasteiger partial charge is 0.399 e. The lowest BCUT2D eigenvalue weighted by Crippen LogP contribution is -2.35. The van der Waals surface area contributed by atoms with Crippen LogP contribution in [0, 0.1) is 11.3 Å². The van der Waals surface area contributed by atoms with Crippen molar-refractivity contribution in [3.63, 3.8) is 0 Å². The number of halogens is 1. The van der Waals surface area contributed by atoms with Gasteiger partial charge in [0.25, 0.3) is 10.0 Å². The molecule has 1 heterocycles. The van der Waals surface area contributed by atoms with E-state index in [4.69, 9.17) is 22.6 Å². The van der Waals surface area contributed by atoms with Gasteiger partial charge >= 0.3 is 0 Å². The summed E-state index contributed by atoms with van der Waals surface area (Å²) in [6, 6.07) is 19.2. The molecule has 3 aromatic rings. The molecule has 0 spiro atoms. The van der Waals surface area contributed by atoms with Crippen molar-refractivity contribution in [2.75, 3.05) is 22.3 Å². The van der Waals surface area contributed by atoms with Gasteiger partial charge in [-0.1, -0.05) is 23.7 Å². The molecule has 0 unspecified atom stereocenters. The van der Waals surface area contributed by atoms with Crippen molar-refractivity contribution in [3.8, 4) is 17.2 Å². The lowest BCUT2D eigenvalue weighted by atomic mass is 10.0. The summed E-state index contributed by atoms with van der Waals surface area (Å²) in [7, 11) is -3.71. The molecule has 0 aromatic heterocycles. The summed E-state index contributed by atoms with van der Waals surface area (Å²) >= 11 is 7.80. The van der Waals surface area contributed by atoms with Crippen molar-refractivity contribution in [2.45, 2.75) is 9.79 Å². The van der Waals surface area contributed by atoms with Crippen molar-refractivity contribution in [1.82, 2.24) is 0 Å². The molecule has 0 amide bonds. The third kappa shape index (κ3) is 3.67. The standard InChI is InChI=1S/C21H16ClN3O2S2/c22-19-11-14(1-2-16(19)13-23)15-3-8-21-20(12-15)25(9-10-28-21)29(26,27)18-6-4-17(24)5-7-18/h1-8,11-12H,9-10,24H2. The van der Waals surface area contributed by atoms with Crippen LogP contribution in [0.15, 0.2) is 70.5 Å². The Hall–Kier alpha value is -2.66. The van der Waals surface area contributed by atoms with Crippen LogP contribution < -0.4 is 10.0 Å². The van der Waals surface area contributed by atoms with E-state index in [-0.39, 0.29) is 4.90 Å². The van der Waals surface area contributed by atoms with Gasteiger partial charge in [-0.15, -0.1) is 11.8 Å². The first-order chi connectivity index (χ1) is 13.9. The quantitative estimate of drug-likeness (QED) is 0.592. The maximum absolute atomic E-state index is 13.3. The number of nitrogen functional groups attached to an aromatic ring is 1. The number of hydrogen-bond acceptors (Lipinski definition) is 5. The van der Waals surface area contributed by atoms with E-state index in [2.05, 4.69) is 0 Å². The van der Waals surface area contributed by atoms with Crippen molar-refractivity contribution in [3.05, 3.63) is 71.2 Å². The first-order valence-electron chi connectivity index (χ1n) is 8.75. The number of nitriles is 1. The van der Waals surface area contributed by atoms with Crippen LogP contribution in [0.4, 0.5) is 11.4 Å². The second-order valence-corrected chi connectivity index (χ2v) is 9.89. The summed E-state index contributed by atoms with van der Waals surface area (Å²) < 4.78 is 28.0. The monoisotopic (exact) mass is 441 g/mol. The van der Waals surface area contributed by atoms with E-state index in [0.29, 0.717) is 34.3 Å². The summed E-state index contributed by atoms with van der Waals surface area (Å²) in [6.45, 7) is 0.377. The van der Waals surface area contributed by atoms with E-state index >= 15 is 0 Å². The van der Waals surface area contributed by atoms with Crippen molar-refractivity contribution in [1.29, 1.82) is 5.26 Å². The molecule has 4 rings (SSSR count). The van der Waals surface area contributed by atoms with E-state index < -0.39 is 10.0 Å². The fourth-order valence-electron chi connectivity index (χ4n) is 3.17. The normalized spacial score (nSPS) is 13.6. The molecule has 0 atom stereocenters. The minimum Gasteiger partial charge on any atom is -0.399 e. The molecule has 5 nitrogen and oxygen atoms in total. The summed E-state index contributed by atoms with van der Waals surface area (Å²) in [4.78, 5) is 1.11. The Balaban J connectivity index is 1.79. The number of benzene rings is 3.